The van der Waals surface area contributed by atoms with Crippen LogP contribution in [0.15, 0.2) is 46.9 Å². The molecule has 6 heteroatoms. The molecule has 1 amide bonds. The molecular formula is C22H27BrN2O3. The van der Waals surface area contributed by atoms with Gasteiger partial charge in [-0.25, -0.2) is 0 Å². The molecule has 2 aromatic rings. The molecule has 0 aromatic heterocycles. The lowest BCUT2D eigenvalue weighted by Crippen LogP contribution is -2.36. The molecule has 1 heterocycles. The van der Waals surface area contributed by atoms with E-state index in [0.29, 0.717) is 19.4 Å². The monoisotopic (exact) mass is 446 g/mol. The molecule has 0 bridgehead atoms. The highest BCUT2D eigenvalue weighted by molar-refractivity contribution is 9.10. The zero-order chi connectivity index (χ0) is 19.8. The Bertz CT molecular complexity index is 774. The van der Waals surface area contributed by atoms with E-state index < -0.39 is 0 Å². The lowest BCUT2D eigenvalue weighted by Gasteiger charge is -2.28. The van der Waals surface area contributed by atoms with Gasteiger partial charge in [-0.05, 0) is 70.7 Å². The Morgan fingerprint density at radius 2 is 1.93 bits per heavy atom. The summed E-state index contributed by atoms with van der Waals surface area (Å²) >= 11 is 3.53. The van der Waals surface area contributed by atoms with Gasteiger partial charge >= 0.3 is 0 Å². The van der Waals surface area contributed by atoms with E-state index in [-0.39, 0.29) is 5.91 Å². The first kappa shape index (κ1) is 20.7. The Kier molecular flexibility index (Phi) is 7.74. The molecule has 0 unspecified atom stereocenters. The van der Waals surface area contributed by atoms with E-state index in [0.717, 1.165) is 54.3 Å². The Morgan fingerprint density at radius 3 is 2.61 bits per heavy atom. The van der Waals surface area contributed by atoms with Crippen molar-refractivity contribution in [1.29, 1.82) is 0 Å². The molecule has 1 fully saturated rings. The van der Waals surface area contributed by atoms with E-state index in [1.54, 1.807) is 0 Å². The van der Waals surface area contributed by atoms with Crippen molar-refractivity contribution >= 4 is 33.2 Å². The van der Waals surface area contributed by atoms with Gasteiger partial charge in [0.05, 0.1) is 24.3 Å². The second-order valence-electron chi connectivity index (χ2n) is 6.76. The van der Waals surface area contributed by atoms with Crippen molar-refractivity contribution in [1.82, 2.24) is 0 Å². The molecule has 1 saturated heterocycles. The molecule has 0 radical (unpaired) electrons. The fourth-order valence-corrected chi connectivity index (χ4v) is 3.64. The number of hydrogen-bond donors (Lipinski definition) is 1. The smallest absolute Gasteiger partial charge is 0.224 e. The van der Waals surface area contributed by atoms with Crippen LogP contribution in [-0.2, 0) is 16.0 Å². The number of nitrogens with one attached hydrogen (secondary N) is 1. The highest BCUT2D eigenvalue weighted by Crippen LogP contribution is 2.26. The van der Waals surface area contributed by atoms with Gasteiger partial charge in [0.2, 0.25) is 5.91 Å². The maximum atomic E-state index is 12.2. The number of rotatable bonds is 8. The van der Waals surface area contributed by atoms with Crippen LogP contribution in [0.3, 0.4) is 0 Å². The SMILES string of the molecule is CCc1ccc(OCCCC(=O)Nc2ccc(N3CCOCC3)cc2)c(Br)c1. The first-order valence-electron chi connectivity index (χ1n) is 9.79. The lowest BCUT2D eigenvalue weighted by molar-refractivity contribution is -0.116. The zero-order valence-electron chi connectivity index (χ0n) is 16.2. The molecule has 2 aromatic carbocycles. The summed E-state index contributed by atoms with van der Waals surface area (Å²) in [5, 5.41) is 2.95. The van der Waals surface area contributed by atoms with Crippen LogP contribution in [0.1, 0.15) is 25.3 Å². The number of carbonyl (C=O) groups is 1. The summed E-state index contributed by atoms with van der Waals surface area (Å²) in [5.41, 5.74) is 3.24. The van der Waals surface area contributed by atoms with Crippen LogP contribution in [0.4, 0.5) is 11.4 Å². The van der Waals surface area contributed by atoms with Crippen molar-refractivity contribution in [3.05, 3.63) is 52.5 Å². The Balaban J connectivity index is 1.39. The number of nitrogens with zero attached hydrogens (tertiary/aromatic N) is 1. The number of carbonyl (C=O) groups excluding carboxylic acids is 1. The third kappa shape index (κ3) is 5.97. The molecule has 0 spiro atoms. The molecule has 5 nitrogen and oxygen atoms in total. The van der Waals surface area contributed by atoms with Crippen LogP contribution < -0.4 is 15.0 Å². The quantitative estimate of drug-likeness (QED) is 0.599. The van der Waals surface area contributed by atoms with E-state index in [4.69, 9.17) is 9.47 Å². The van der Waals surface area contributed by atoms with E-state index in [9.17, 15) is 4.79 Å². The lowest BCUT2D eigenvalue weighted by atomic mass is 10.2. The molecule has 0 atom stereocenters. The molecule has 1 N–H and O–H groups in total. The van der Waals surface area contributed by atoms with Crippen molar-refractivity contribution in [3.8, 4) is 5.75 Å². The van der Waals surface area contributed by atoms with Gasteiger partial charge in [-0.3, -0.25) is 4.79 Å². The summed E-state index contributed by atoms with van der Waals surface area (Å²) < 4.78 is 12.1. The molecule has 1 aliphatic rings. The van der Waals surface area contributed by atoms with Crippen LogP contribution in [0.5, 0.6) is 5.75 Å². The number of halogens is 1. The van der Waals surface area contributed by atoms with Crippen molar-refractivity contribution < 1.29 is 14.3 Å². The van der Waals surface area contributed by atoms with E-state index in [2.05, 4.69) is 45.2 Å². The Labute approximate surface area is 175 Å². The number of amides is 1. The predicted molar refractivity (Wildman–Crippen MR) is 116 cm³/mol. The minimum atomic E-state index is 0.00289. The van der Waals surface area contributed by atoms with Crippen molar-refractivity contribution in [2.45, 2.75) is 26.2 Å². The summed E-state index contributed by atoms with van der Waals surface area (Å²) in [5.74, 6) is 0.819. The van der Waals surface area contributed by atoms with Gasteiger partial charge in [0, 0.05) is 30.9 Å². The van der Waals surface area contributed by atoms with E-state index >= 15 is 0 Å². The van der Waals surface area contributed by atoms with Crippen LogP contribution in [-0.4, -0.2) is 38.8 Å². The average Bonchev–Trinajstić information content (AvgIpc) is 2.73. The van der Waals surface area contributed by atoms with Crippen LogP contribution in [0.2, 0.25) is 0 Å². The van der Waals surface area contributed by atoms with Crippen molar-refractivity contribution in [3.63, 3.8) is 0 Å². The minimum Gasteiger partial charge on any atom is -0.492 e. The van der Waals surface area contributed by atoms with Crippen molar-refractivity contribution in [2.24, 2.45) is 0 Å². The van der Waals surface area contributed by atoms with Gasteiger partial charge in [-0.15, -0.1) is 0 Å². The Morgan fingerprint density at radius 1 is 1.18 bits per heavy atom. The highest BCUT2D eigenvalue weighted by Gasteiger charge is 2.11. The summed E-state index contributed by atoms with van der Waals surface area (Å²) in [6, 6.07) is 14.1. The first-order chi connectivity index (χ1) is 13.7. The molecule has 1 aliphatic heterocycles. The molecule has 0 aliphatic carbocycles. The molecular weight excluding hydrogens is 420 g/mol. The normalized spacial score (nSPS) is 14.0. The maximum absolute atomic E-state index is 12.2. The second kappa shape index (κ2) is 10.5. The summed E-state index contributed by atoms with van der Waals surface area (Å²) in [4.78, 5) is 14.4. The van der Waals surface area contributed by atoms with Crippen LogP contribution >= 0.6 is 15.9 Å². The number of ether oxygens (including phenoxy) is 2. The van der Waals surface area contributed by atoms with Crippen LogP contribution in [0.25, 0.3) is 0 Å². The molecule has 28 heavy (non-hydrogen) atoms. The standard InChI is InChI=1S/C22H27BrN2O3/c1-2-17-5-10-21(20(23)16-17)28-13-3-4-22(26)24-18-6-8-19(9-7-18)25-11-14-27-15-12-25/h5-10,16H,2-4,11-15H2,1H3,(H,24,26). The third-order valence-corrected chi connectivity index (χ3v) is 5.36. The van der Waals surface area contributed by atoms with Gasteiger partial charge < -0.3 is 19.7 Å². The van der Waals surface area contributed by atoms with Gasteiger partial charge in [-0.1, -0.05) is 13.0 Å². The maximum Gasteiger partial charge on any atom is 0.224 e. The van der Waals surface area contributed by atoms with Gasteiger partial charge in [0.1, 0.15) is 5.75 Å². The van der Waals surface area contributed by atoms with Crippen LogP contribution in [0, 0.1) is 0 Å². The van der Waals surface area contributed by atoms with Gasteiger partial charge in [0.15, 0.2) is 0 Å². The molecule has 0 saturated carbocycles. The number of morpholine rings is 1. The topological polar surface area (TPSA) is 50.8 Å². The van der Waals surface area contributed by atoms with E-state index in [1.165, 1.54) is 5.56 Å². The average molecular weight is 447 g/mol. The predicted octanol–water partition coefficient (Wildman–Crippen LogP) is 4.65. The van der Waals surface area contributed by atoms with Gasteiger partial charge in [-0.2, -0.15) is 0 Å². The summed E-state index contributed by atoms with van der Waals surface area (Å²) in [6.07, 6.45) is 2.09. The first-order valence-corrected chi connectivity index (χ1v) is 10.6. The number of hydrogen-bond acceptors (Lipinski definition) is 4. The fraction of sp³-hybridized carbons (Fsp3) is 0.409. The largest absolute Gasteiger partial charge is 0.492 e. The van der Waals surface area contributed by atoms with Crippen molar-refractivity contribution in [2.75, 3.05) is 43.1 Å². The van der Waals surface area contributed by atoms with Gasteiger partial charge in [0.25, 0.3) is 0 Å². The molecule has 3 rings (SSSR count). The number of anilines is 2. The van der Waals surface area contributed by atoms with E-state index in [1.807, 2.05) is 30.3 Å². The second-order valence-corrected chi connectivity index (χ2v) is 7.62. The summed E-state index contributed by atoms with van der Waals surface area (Å²) in [6.45, 7) is 5.97. The number of benzene rings is 2. The Hall–Kier alpha value is -2.05. The number of aryl methyl sites for hydroxylation is 1. The highest BCUT2D eigenvalue weighted by atomic mass is 79.9. The fourth-order valence-electron chi connectivity index (χ4n) is 3.10. The minimum absolute atomic E-state index is 0.00289. The third-order valence-electron chi connectivity index (χ3n) is 4.74. The molecule has 150 valence electrons. The summed E-state index contributed by atoms with van der Waals surface area (Å²) in [7, 11) is 0. The zero-order valence-corrected chi connectivity index (χ0v) is 17.8.